The van der Waals surface area contributed by atoms with E-state index in [4.69, 9.17) is 4.74 Å². The maximum absolute atomic E-state index is 11.0. The van der Waals surface area contributed by atoms with Crippen LogP contribution in [0, 0.1) is 0 Å². The van der Waals surface area contributed by atoms with Gasteiger partial charge in [0, 0.05) is 13.1 Å². The summed E-state index contributed by atoms with van der Waals surface area (Å²) in [5.41, 5.74) is 0. The first-order valence-corrected chi connectivity index (χ1v) is 4.56. The van der Waals surface area contributed by atoms with E-state index in [1.54, 1.807) is 0 Å². The first-order valence-electron chi connectivity index (χ1n) is 4.56. The first-order chi connectivity index (χ1) is 6.11. The molecule has 0 aromatic heterocycles. The van der Waals surface area contributed by atoms with Crippen molar-refractivity contribution in [2.24, 2.45) is 0 Å². The minimum Gasteiger partial charge on any atom is -0.468 e. The Balaban J connectivity index is 2.37. The molecule has 76 valence electrons. The summed E-state index contributed by atoms with van der Waals surface area (Å²) in [7, 11) is 1.41. The van der Waals surface area contributed by atoms with Gasteiger partial charge in [-0.1, -0.05) is 0 Å². The second kappa shape index (κ2) is 4.58. The van der Waals surface area contributed by atoms with Crippen LogP contribution in [0.15, 0.2) is 0 Å². The highest BCUT2D eigenvalue weighted by Gasteiger charge is 2.23. The fourth-order valence-corrected chi connectivity index (χ4v) is 1.66. The predicted octanol–water partition coefficient (Wildman–Crippen LogP) is 0.269. The van der Waals surface area contributed by atoms with E-state index in [0.717, 1.165) is 13.1 Å². The summed E-state index contributed by atoms with van der Waals surface area (Å²) in [6.45, 7) is 6.01. The minimum atomic E-state index is -0.179. The van der Waals surface area contributed by atoms with Crippen molar-refractivity contribution in [2.75, 3.05) is 26.7 Å². The molecule has 0 unspecified atom stereocenters. The lowest BCUT2D eigenvalue weighted by Gasteiger charge is -2.34. The van der Waals surface area contributed by atoms with E-state index in [1.165, 1.54) is 7.11 Å². The van der Waals surface area contributed by atoms with Crippen molar-refractivity contribution >= 4 is 5.97 Å². The third kappa shape index (κ3) is 3.32. The number of carbonyl (C=O) groups is 1. The molecule has 0 saturated carbocycles. The summed E-state index contributed by atoms with van der Waals surface area (Å²) in [6.07, 6.45) is 0.404. The van der Waals surface area contributed by atoms with Crippen molar-refractivity contribution in [1.82, 2.24) is 4.90 Å². The third-order valence-electron chi connectivity index (χ3n) is 2.08. The summed E-state index contributed by atoms with van der Waals surface area (Å²) < 4.78 is 10.1. The molecule has 4 nitrogen and oxygen atoms in total. The van der Waals surface area contributed by atoms with Crippen LogP contribution in [0.25, 0.3) is 0 Å². The summed E-state index contributed by atoms with van der Waals surface area (Å²) in [5, 5.41) is 0. The molecule has 0 radical (unpaired) electrons. The van der Waals surface area contributed by atoms with Gasteiger partial charge in [-0.05, 0) is 13.8 Å². The maximum atomic E-state index is 11.0. The molecule has 1 aliphatic rings. The van der Waals surface area contributed by atoms with Gasteiger partial charge in [-0.25, -0.2) is 0 Å². The van der Waals surface area contributed by atoms with Gasteiger partial charge in [0.05, 0.1) is 25.9 Å². The predicted molar refractivity (Wildman–Crippen MR) is 48.5 cm³/mol. The van der Waals surface area contributed by atoms with E-state index in [9.17, 15) is 4.79 Å². The Morgan fingerprint density at radius 3 is 2.46 bits per heavy atom. The Morgan fingerprint density at radius 2 is 2.00 bits per heavy atom. The van der Waals surface area contributed by atoms with Crippen LogP contribution in [0.1, 0.15) is 13.8 Å². The molecule has 13 heavy (non-hydrogen) atoms. The van der Waals surface area contributed by atoms with Gasteiger partial charge in [0.1, 0.15) is 0 Å². The van der Waals surface area contributed by atoms with Crippen molar-refractivity contribution in [1.29, 1.82) is 0 Å². The first kappa shape index (κ1) is 10.5. The molecule has 0 N–H and O–H groups in total. The van der Waals surface area contributed by atoms with Crippen LogP contribution >= 0.6 is 0 Å². The molecule has 1 fully saturated rings. The second-order valence-corrected chi connectivity index (χ2v) is 3.53. The topological polar surface area (TPSA) is 38.8 Å². The summed E-state index contributed by atoms with van der Waals surface area (Å²) >= 11 is 0. The Labute approximate surface area is 78.8 Å². The Morgan fingerprint density at radius 1 is 1.46 bits per heavy atom. The Hall–Kier alpha value is -0.610. The molecule has 2 atom stereocenters. The summed E-state index contributed by atoms with van der Waals surface area (Å²) in [5.74, 6) is -0.179. The second-order valence-electron chi connectivity index (χ2n) is 3.53. The van der Waals surface area contributed by atoms with Gasteiger partial charge in [0.25, 0.3) is 0 Å². The molecule has 0 aromatic rings. The summed E-state index contributed by atoms with van der Waals surface area (Å²) in [4.78, 5) is 13.0. The van der Waals surface area contributed by atoms with E-state index < -0.39 is 0 Å². The molecule has 1 heterocycles. The van der Waals surface area contributed by atoms with Crippen LogP contribution in [0.5, 0.6) is 0 Å². The standard InChI is InChI=1S/C9H17NO3/c1-7-4-10(5-8(2)13-7)6-9(11)12-3/h7-8H,4-6H2,1-3H3/t7-,8-/m0/s1. The van der Waals surface area contributed by atoms with E-state index in [2.05, 4.69) is 9.64 Å². The van der Waals surface area contributed by atoms with Crippen LogP contribution in [-0.4, -0.2) is 49.8 Å². The van der Waals surface area contributed by atoms with Crippen LogP contribution in [-0.2, 0) is 14.3 Å². The average molecular weight is 187 g/mol. The van der Waals surface area contributed by atoms with Crippen LogP contribution < -0.4 is 0 Å². The fraction of sp³-hybridized carbons (Fsp3) is 0.889. The fourth-order valence-electron chi connectivity index (χ4n) is 1.66. The van der Waals surface area contributed by atoms with Gasteiger partial charge in [0.2, 0.25) is 0 Å². The largest absolute Gasteiger partial charge is 0.468 e. The van der Waals surface area contributed by atoms with E-state index in [1.807, 2.05) is 13.8 Å². The van der Waals surface area contributed by atoms with Gasteiger partial charge in [-0.3, -0.25) is 9.69 Å². The van der Waals surface area contributed by atoms with Crippen molar-refractivity contribution in [3.05, 3.63) is 0 Å². The lowest BCUT2D eigenvalue weighted by atomic mass is 10.2. The molecule has 4 heteroatoms. The number of esters is 1. The van der Waals surface area contributed by atoms with Gasteiger partial charge < -0.3 is 9.47 Å². The molecule has 1 aliphatic heterocycles. The van der Waals surface area contributed by atoms with Crippen molar-refractivity contribution < 1.29 is 14.3 Å². The highest BCUT2D eigenvalue weighted by molar-refractivity contribution is 5.71. The molecule has 0 spiro atoms. The number of hydrogen-bond donors (Lipinski definition) is 0. The lowest BCUT2D eigenvalue weighted by Crippen LogP contribution is -2.47. The zero-order valence-corrected chi connectivity index (χ0v) is 8.45. The molecule has 0 amide bonds. The summed E-state index contributed by atoms with van der Waals surface area (Å²) in [6, 6.07) is 0. The van der Waals surface area contributed by atoms with Crippen molar-refractivity contribution in [3.8, 4) is 0 Å². The number of rotatable bonds is 2. The van der Waals surface area contributed by atoms with E-state index in [-0.39, 0.29) is 18.2 Å². The SMILES string of the molecule is COC(=O)CN1C[C@H](C)O[C@@H](C)C1. The van der Waals surface area contributed by atoms with Gasteiger partial charge >= 0.3 is 5.97 Å². The van der Waals surface area contributed by atoms with E-state index >= 15 is 0 Å². The van der Waals surface area contributed by atoms with Gasteiger partial charge in [-0.15, -0.1) is 0 Å². The molecule has 1 rings (SSSR count). The van der Waals surface area contributed by atoms with Crippen LogP contribution in [0.3, 0.4) is 0 Å². The molecule has 0 aromatic carbocycles. The highest BCUT2D eigenvalue weighted by atomic mass is 16.5. The number of carbonyl (C=O) groups excluding carboxylic acids is 1. The van der Waals surface area contributed by atoms with Gasteiger partial charge in [-0.2, -0.15) is 0 Å². The van der Waals surface area contributed by atoms with Crippen molar-refractivity contribution in [3.63, 3.8) is 0 Å². The average Bonchev–Trinajstić information content (AvgIpc) is 2.02. The number of nitrogens with zero attached hydrogens (tertiary/aromatic N) is 1. The smallest absolute Gasteiger partial charge is 0.319 e. The quantitative estimate of drug-likeness (QED) is 0.582. The highest BCUT2D eigenvalue weighted by Crippen LogP contribution is 2.09. The number of methoxy groups -OCH3 is 1. The monoisotopic (exact) mass is 187 g/mol. The molecule has 0 aliphatic carbocycles. The molecular formula is C9H17NO3. The third-order valence-corrected chi connectivity index (χ3v) is 2.08. The number of hydrogen-bond acceptors (Lipinski definition) is 4. The molecule has 1 saturated heterocycles. The maximum Gasteiger partial charge on any atom is 0.319 e. The zero-order chi connectivity index (χ0) is 9.84. The molecular weight excluding hydrogens is 170 g/mol. The van der Waals surface area contributed by atoms with Crippen molar-refractivity contribution in [2.45, 2.75) is 26.1 Å². The minimum absolute atomic E-state index is 0.179. The normalized spacial score (nSPS) is 30.1. The number of morpholine rings is 1. The van der Waals surface area contributed by atoms with Crippen LogP contribution in [0.2, 0.25) is 0 Å². The van der Waals surface area contributed by atoms with E-state index in [0.29, 0.717) is 6.54 Å². The lowest BCUT2D eigenvalue weighted by molar-refractivity contribution is -0.145. The zero-order valence-electron chi connectivity index (χ0n) is 8.45. The Bertz CT molecular complexity index is 174. The Kier molecular flexibility index (Phi) is 3.69. The van der Waals surface area contributed by atoms with Crippen LogP contribution in [0.4, 0.5) is 0 Å². The van der Waals surface area contributed by atoms with Gasteiger partial charge in [0.15, 0.2) is 0 Å². The molecule has 0 bridgehead atoms. The number of ether oxygens (including phenoxy) is 2.